The Labute approximate surface area is 155 Å². The lowest BCUT2D eigenvalue weighted by molar-refractivity contribution is 0.00989. The first kappa shape index (κ1) is 20.1. The van der Waals surface area contributed by atoms with Crippen molar-refractivity contribution in [2.45, 2.75) is 51.7 Å². The van der Waals surface area contributed by atoms with Gasteiger partial charge in [-0.2, -0.15) is 0 Å². The third-order valence-electron chi connectivity index (χ3n) is 4.29. The second kappa shape index (κ2) is 10.7. The van der Waals surface area contributed by atoms with E-state index in [1.165, 1.54) is 5.01 Å². The molecule has 0 saturated carbocycles. The Morgan fingerprint density at radius 3 is 2.76 bits per heavy atom. The van der Waals surface area contributed by atoms with Crippen molar-refractivity contribution in [1.29, 1.82) is 0 Å². The Morgan fingerprint density at radius 2 is 2.16 bits per heavy atom. The maximum atomic E-state index is 5.93. The van der Waals surface area contributed by atoms with E-state index in [-0.39, 0.29) is 0 Å². The van der Waals surface area contributed by atoms with E-state index < -0.39 is 0 Å². The summed E-state index contributed by atoms with van der Waals surface area (Å²) in [5, 5.41) is 6.77. The zero-order valence-corrected chi connectivity index (χ0v) is 16.8. The normalized spacial score (nSPS) is 16.7. The number of thiazole rings is 1. The van der Waals surface area contributed by atoms with Gasteiger partial charge in [-0.1, -0.05) is 13.8 Å². The quantitative estimate of drug-likeness (QED) is 0.434. The Hall–Kier alpha value is -1.18. The standard InChI is InChI=1S/C18H32N4O2S/c1-14(2)17-21-15(13-25-17)12-20-18(19-3)22-8-6-16(7-9-22)24-11-5-10-23-4/h13-14,16H,5-12H2,1-4H3,(H,19,20). The van der Waals surface area contributed by atoms with E-state index in [2.05, 4.69) is 39.4 Å². The largest absolute Gasteiger partial charge is 0.385 e. The van der Waals surface area contributed by atoms with Crippen molar-refractivity contribution in [3.8, 4) is 0 Å². The minimum Gasteiger partial charge on any atom is -0.385 e. The fraction of sp³-hybridized carbons (Fsp3) is 0.778. The van der Waals surface area contributed by atoms with Gasteiger partial charge in [-0.25, -0.2) is 4.98 Å². The molecular weight excluding hydrogens is 336 g/mol. The van der Waals surface area contributed by atoms with Gasteiger partial charge in [0, 0.05) is 51.8 Å². The lowest BCUT2D eigenvalue weighted by Gasteiger charge is -2.34. The van der Waals surface area contributed by atoms with Crippen LogP contribution in [0.4, 0.5) is 0 Å². The van der Waals surface area contributed by atoms with Crippen molar-refractivity contribution in [3.63, 3.8) is 0 Å². The van der Waals surface area contributed by atoms with Crippen LogP contribution >= 0.6 is 11.3 Å². The van der Waals surface area contributed by atoms with E-state index >= 15 is 0 Å². The minimum atomic E-state index is 0.360. The molecule has 2 rings (SSSR count). The van der Waals surface area contributed by atoms with Gasteiger partial charge in [-0.05, 0) is 19.3 Å². The Balaban J connectivity index is 1.72. The molecule has 142 valence electrons. The molecule has 0 aliphatic carbocycles. The SMILES string of the molecule is CN=C(NCc1csc(C(C)C)n1)N1CCC(OCCCOC)CC1. The Morgan fingerprint density at radius 1 is 1.40 bits per heavy atom. The zero-order valence-electron chi connectivity index (χ0n) is 16.0. The van der Waals surface area contributed by atoms with Crippen molar-refractivity contribution in [2.24, 2.45) is 4.99 Å². The first-order valence-corrected chi connectivity index (χ1v) is 10.0. The van der Waals surface area contributed by atoms with Gasteiger partial charge in [0.1, 0.15) is 0 Å². The molecule has 0 spiro atoms. The summed E-state index contributed by atoms with van der Waals surface area (Å²) in [6.07, 6.45) is 3.41. The van der Waals surface area contributed by atoms with Crippen LogP contribution in [0.25, 0.3) is 0 Å². The lowest BCUT2D eigenvalue weighted by Crippen LogP contribution is -2.46. The molecule has 0 unspecified atom stereocenters. The highest BCUT2D eigenvalue weighted by atomic mass is 32.1. The lowest BCUT2D eigenvalue weighted by atomic mass is 10.1. The molecule has 1 aliphatic rings. The van der Waals surface area contributed by atoms with Crippen LogP contribution in [-0.4, -0.2) is 62.4 Å². The van der Waals surface area contributed by atoms with Crippen molar-refractivity contribution in [1.82, 2.24) is 15.2 Å². The number of aromatic nitrogens is 1. The smallest absolute Gasteiger partial charge is 0.193 e. The predicted molar refractivity (Wildman–Crippen MR) is 103 cm³/mol. The Kier molecular flexibility index (Phi) is 8.64. The summed E-state index contributed by atoms with van der Waals surface area (Å²) in [5.74, 6) is 1.44. The topological polar surface area (TPSA) is 59.0 Å². The summed E-state index contributed by atoms with van der Waals surface area (Å²) >= 11 is 1.73. The van der Waals surface area contributed by atoms with Crippen molar-refractivity contribution in [2.75, 3.05) is 40.5 Å². The van der Waals surface area contributed by atoms with Crippen LogP contribution in [0.5, 0.6) is 0 Å². The number of nitrogens with one attached hydrogen (secondary N) is 1. The summed E-state index contributed by atoms with van der Waals surface area (Å²) in [4.78, 5) is 11.4. The molecule has 25 heavy (non-hydrogen) atoms. The molecule has 1 saturated heterocycles. The average molecular weight is 369 g/mol. The summed E-state index contributed by atoms with van der Waals surface area (Å²) in [7, 11) is 3.57. The third-order valence-corrected chi connectivity index (χ3v) is 5.48. The Bertz CT molecular complexity index is 525. The van der Waals surface area contributed by atoms with Crippen LogP contribution in [0.15, 0.2) is 10.4 Å². The molecular formula is C18H32N4O2S. The number of nitrogens with zero attached hydrogens (tertiary/aromatic N) is 3. The van der Waals surface area contributed by atoms with Crippen LogP contribution in [0, 0.1) is 0 Å². The predicted octanol–water partition coefficient (Wildman–Crippen LogP) is 2.86. The number of hydrogen-bond acceptors (Lipinski definition) is 5. The number of aliphatic imine (C=N–C) groups is 1. The number of ether oxygens (including phenoxy) is 2. The first-order chi connectivity index (χ1) is 12.1. The van der Waals surface area contributed by atoms with Gasteiger partial charge in [0.05, 0.1) is 23.4 Å². The van der Waals surface area contributed by atoms with Gasteiger partial charge < -0.3 is 19.7 Å². The first-order valence-electron chi connectivity index (χ1n) is 9.14. The van der Waals surface area contributed by atoms with E-state index in [9.17, 15) is 0 Å². The maximum absolute atomic E-state index is 5.93. The van der Waals surface area contributed by atoms with Gasteiger partial charge in [0.15, 0.2) is 5.96 Å². The van der Waals surface area contributed by atoms with Crippen LogP contribution < -0.4 is 5.32 Å². The highest BCUT2D eigenvalue weighted by Crippen LogP contribution is 2.19. The van der Waals surface area contributed by atoms with Crippen LogP contribution in [0.3, 0.4) is 0 Å². The molecule has 1 aliphatic heterocycles. The summed E-state index contributed by atoms with van der Waals surface area (Å²) in [5.41, 5.74) is 1.09. The average Bonchev–Trinajstić information content (AvgIpc) is 3.10. The summed E-state index contributed by atoms with van der Waals surface area (Å²) in [6.45, 7) is 8.58. The molecule has 1 fully saturated rings. The van der Waals surface area contributed by atoms with E-state index in [0.717, 1.165) is 63.8 Å². The van der Waals surface area contributed by atoms with E-state index in [1.807, 2.05) is 7.05 Å². The molecule has 0 radical (unpaired) electrons. The van der Waals surface area contributed by atoms with Crippen LogP contribution in [0.1, 0.15) is 49.7 Å². The fourth-order valence-electron chi connectivity index (χ4n) is 2.86. The fourth-order valence-corrected chi connectivity index (χ4v) is 3.69. The van der Waals surface area contributed by atoms with Crippen molar-refractivity contribution < 1.29 is 9.47 Å². The van der Waals surface area contributed by atoms with Gasteiger partial charge in [0.25, 0.3) is 0 Å². The molecule has 0 bridgehead atoms. The molecule has 0 atom stereocenters. The summed E-state index contributed by atoms with van der Waals surface area (Å²) in [6, 6.07) is 0. The molecule has 0 amide bonds. The van der Waals surface area contributed by atoms with E-state index in [1.54, 1.807) is 18.4 Å². The molecule has 0 aromatic carbocycles. The van der Waals surface area contributed by atoms with Crippen molar-refractivity contribution >= 4 is 17.3 Å². The van der Waals surface area contributed by atoms with Crippen molar-refractivity contribution in [3.05, 3.63) is 16.1 Å². The molecule has 1 aromatic heterocycles. The van der Waals surface area contributed by atoms with E-state index in [0.29, 0.717) is 12.0 Å². The zero-order chi connectivity index (χ0) is 18.1. The summed E-state index contributed by atoms with van der Waals surface area (Å²) < 4.78 is 11.0. The molecule has 7 heteroatoms. The van der Waals surface area contributed by atoms with E-state index in [4.69, 9.17) is 9.47 Å². The number of methoxy groups -OCH3 is 1. The van der Waals surface area contributed by atoms with Gasteiger partial charge >= 0.3 is 0 Å². The highest BCUT2D eigenvalue weighted by molar-refractivity contribution is 7.09. The van der Waals surface area contributed by atoms with Crippen LogP contribution in [0.2, 0.25) is 0 Å². The number of hydrogen-bond donors (Lipinski definition) is 1. The van der Waals surface area contributed by atoms with Crippen LogP contribution in [-0.2, 0) is 16.0 Å². The van der Waals surface area contributed by atoms with Gasteiger partial charge in [-0.3, -0.25) is 4.99 Å². The number of rotatable bonds is 8. The second-order valence-electron chi connectivity index (χ2n) is 6.64. The van der Waals surface area contributed by atoms with Gasteiger partial charge in [0.2, 0.25) is 0 Å². The maximum Gasteiger partial charge on any atom is 0.193 e. The monoisotopic (exact) mass is 368 g/mol. The number of guanidine groups is 1. The molecule has 6 nitrogen and oxygen atoms in total. The minimum absolute atomic E-state index is 0.360. The molecule has 2 heterocycles. The highest BCUT2D eigenvalue weighted by Gasteiger charge is 2.21. The third kappa shape index (κ3) is 6.56. The second-order valence-corrected chi connectivity index (χ2v) is 7.53. The van der Waals surface area contributed by atoms with Gasteiger partial charge in [-0.15, -0.1) is 11.3 Å². The number of piperidine rings is 1. The molecule has 1 aromatic rings. The molecule has 1 N–H and O–H groups in total. The number of likely N-dealkylation sites (tertiary alicyclic amines) is 1.